The first kappa shape index (κ1) is 13.2. The molecule has 18 heavy (non-hydrogen) atoms. The molecule has 0 saturated carbocycles. The molecule has 0 aliphatic heterocycles. The van der Waals surface area contributed by atoms with Crippen molar-refractivity contribution in [2.45, 2.75) is 39.7 Å². The van der Waals surface area contributed by atoms with E-state index in [2.05, 4.69) is 36.3 Å². The maximum absolute atomic E-state index is 5.42. The standard InChI is InChI=1S/C13H19N3OS/c1-4-11-10(6-8-17-11)13-16-15-12(18-13)5-7-14-9(2)3/h6,8-9,14H,4-5,7H2,1-3H3. The molecule has 0 aromatic carbocycles. The Kier molecular flexibility index (Phi) is 4.49. The largest absolute Gasteiger partial charge is 0.469 e. The number of aryl methyl sites for hydroxylation is 1. The quantitative estimate of drug-likeness (QED) is 0.872. The molecule has 0 unspecified atom stereocenters. The molecule has 0 saturated heterocycles. The van der Waals surface area contributed by atoms with Gasteiger partial charge in [-0.25, -0.2) is 0 Å². The van der Waals surface area contributed by atoms with E-state index in [9.17, 15) is 0 Å². The van der Waals surface area contributed by atoms with Crippen LogP contribution in [-0.2, 0) is 12.8 Å². The second kappa shape index (κ2) is 6.11. The molecule has 98 valence electrons. The molecule has 4 nitrogen and oxygen atoms in total. The van der Waals surface area contributed by atoms with Crippen molar-refractivity contribution < 1.29 is 4.42 Å². The Morgan fingerprint density at radius 1 is 1.39 bits per heavy atom. The molecular formula is C13H19N3OS. The van der Waals surface area contributed by atoms with Gasteiger partial charge in [0.25, 0.3) is 0 Å². The number of hydrogen-bond acceptors (Lipinski definition) is 5. The van der Waals surface area contributed by atoms with Gasteiger partial charge in [0, 0.05) is 25.4 Å². The Morgan fingerprint density at radius 2 is 2.22 bits per heavy atom. The van der Waals surface area contributed by atoms with Gasteiger partial charge in [-0.3, -0.25) is 0 Å². The summed E-state index contributed by atoms with van der Waals surface area (Å²) < 4.78 is 5.42. The van der Waals surface area contributed by atoms with Crippen molar-refractivity contribution in [3.8, 4) is 10.6 Å². The van der Waals surface area contributed by atoms with Crippen molar-refractivity contribution in [1.29, 1.82) is 0 Å². The SMILES string of the molecule is CCc1occc1-c1nnc(CCNC(C)C)s1. The summed E-state index contributed by atoms with van der Waals surface area (Å²) in [5.41, 5.74) is 1.08. The molecule has 2 aromatic heterocycles. The summed E-state index contributed by atoms with van der Waals surface area (Å²) in [6.07, 6.45) is 3.52. The number of furan rings is 1. The molecule has 1 N–H and O–H groups in total. The van der Waals surface area contributed by atoms with Crippen LogP contribution >= 0.6 is 11.3 Å². The highest BCUT2D eigenvalue weighted by atomic mass is 32.1. The fourth-order valence-corrected chi connectivity index (χ4v) is 2.62. The zero-order chi connectivity index (χ0) is 13.0. The monoisotopic (exact) mass is 265 g/mol. The van der Waals surface area contributed by atoms with E-state index < -0.39 is 0 Å². The Balaban J connectivity index is 2.02. The molecule has 0 spiro atoms. The molecule has 0 bridgehead atoms. The van der Waals surface area contributed by atoms with E-state index in [-0.39, 0.29) is 0 Å². The summed E-state index contributed by atoms with van der Waals surface area (Å²) in [6, 6.07) is 2.48. The lowest BCUT2D eigenvalue weighted by molar-refractivity contribution is 0.517. The third kappa shape index (κ3) is 3.17. The van der Waals surface area contributed by atoms with Crippen molar-refractivity contribution in [1.82, 2.24) is 15.5 Å². The maximum Gasteiger partial charge on any atom is 0.151 e. The van der Waals surface area contributed by atoms with Crippen molar-refractivity contribution in [3.05, 3.63) is 23.1 Å². The van der Waals surface area contributed by atoms with Gasteiger partial charge in [0.05, 0.1) is 11.8 Å². The highest BCUT2D eigenvalue weighted by Gasteiger charge is 2.12. The van der Waals surface area contributed by atoms with Crippen LogP contribution in [0, 0.1) is 0 Å². The van der Waals surface area contributed by atoms with Crippen LogP contribution in [0.1, 0.15) is 31.5 Å². The van der Waals surface area contributed by atoms with Gasteiger partial charge in [-0.2, -0.15) is 0 Å². The van der Waals surface area contributed by atoms with E-state index in [0.29, 0.717) is 6.04 Å². The average molecular weight is 265 g/mol. The van der Waals surface area contributed by atoms with Crippen LogP contribution < -0.4 is 5.32 Å². The average Bonchev–Trinajstić information content (AvgIpc) is 2.95. The normalized spacial score (nSPS) is 11.3. The summed E-state index contributed by atoms with van der Waals surface area (Å²) in [5.74, 6) is 0.984. The summed E-state index contributed by atoms with van der Waals surface area (Å²) in [5, 5.41) is 13.9. The topological polar surface area (TPSA) is 51.0 Å². The predicted molar refractivity (Wildman–Crippen MR) is 73.8 cm³/mol. The zero-order valence-electron chi connectivity index (χ0n) is 11.1. The molecule has 0 aliphatic carbocycles. The second-order valence-electron chi connectivity index (χ2n) is 4.47. The molecule has 0 amide bonds. The molecule has 2 heterocycles. The first-order valence-corrected chi connectivity index (χ1v) is 7.14. The van der Waals surface area contributed by atoms with Crippen LogP contribution in [0.5, 0.6) is 0 Å². The molecule has 0 fully saturated rings. The van der Waals surface area contributed by atoms with Gasteiger partial charge in [0.1, 0.15) is 10.8 Å². The van der Waals surface area contributed by atoms with E-state index in [0.717, 1.165) is 40.7 Å². The van der Waals surface area contributed by atoms with Gasteiger partial charge in [-0.1, -0.05) is 32.1 Å². The number of hydrogen-bond donors (Lipinski definition) is 1. The first-order chi connectivity index (χ1) is 8.70. The number of aromatic nitrogens is 2. The van der Waals surface area contributed by atoms with E-state index in [1.54, 1.807) is 17.6 Å². The molecule has 0 radical (unpaired) electrons. The summed E-state index contributed by atoms with van der Waals surface area (Å²) in [6.45, 7) is 7.31. The third-order valence-corrected chi connectivity index (χ3v) is 3.67. The van der Waals surface area contributed by atoms with Gasteiger partial charge in [0.2, 0.25) is 0 Å². The number of nitrogens with zero attached hydrogens (tertiary/aromatic N) is 2. The maximum atomic E-state index is 5.42. The van der Waals surface area contributed by atoms with E-state index in [4.69, 9.17) is 4.42 Å². The van der Waals surface area contributed by atoms with Crippen molar-refractivity contribution in [2.24, 2.45) is 0 Å². The molecule has 0 atom stereocenters. The van der Waals surface area contributed by atoms with E-state index in [1.807, 2.05) is 6.07 Å². The molecule has 2 rings (SSSR count). The Morgan fingerprint density at radius 3 is 2.94 bits per heavy atom. The first-order valence-electron chi connectivity index (χ1n) is 6.33. The lowest BCUT2D eigenvalue weighted by Gasteiger charge is -2.05. The summed E-state index contributed by atoms with van der Waals surface area (Å²) in [4.78, 5) is 0. The Bertz CT molecular complexity index is 490. The number of rotatable bonds is 6. The molecule has 5 heteroatoms. The highest BCUT2D eigenvalue weighted by Crippen LogP contribution is 2.28. The number of nitrogens with one attached hydrogen (secondary N) is 1. The fourth-order valence-electron chi connectivity index (χ4n) is 1.74. The van der Waals surface area contributed by atoms with Crippen molar-refractivity contribution in [3.63, 3.8) is 0 Å². The van der Waals surface area contributed by atoms with Gasteiger partial charge in [-0.15, -0.1) is 10.2 Å². The van der Waals surface area contributed by atoms with Gasteiger partial charge >= 0.3 is 0 Å². The summed E-state index contributed by atoms with van der Waals surface area (Å²) >= 11 is 1.65. The van der Waals surface area contributed by atoms with Gasteiger partial charge in [0.15, 0.2) is 5.01 Å². The summed E-state index contributed by atoms with van der Waals surface area (Å²) in [7, 11) is 0. The zero-order valence-corrected chi connectivity index (χ0v) is 11.9. The van der Waals surface area contributed by atoms with Gasteiger partial charge < -0.3 is 9.73 Å². The third-order valence-electron chi connectivity index (χ3n) is 2.66. The second-order valence-corrected chi connectivity index (χ2v) is 5.53. The Hall–Kier alpha value is -1.20. The molecule has 2 aromatic rings. The predicted octanol–water partition coefficient (Wildman–Crippen LogP) is 2.90. The van der Waals surface area contributed by atoms with Crippen LogP contribution in [0.4, 0.5) is 0 Å². The van der Waals surface area contributed by atoms with E-state index >= 15 is 0 Å². The smallest absolute Gasteiger partial charge is 0.151 e. The molecule has 0 aliphatic rings. The molecular weight excluding hydrogens is 246 g/mol. The van der Waals surface area contributed by atoms with Crippen LogP contribution in [-0.4, -0.2) is 22.8 Å². The van der Waals surface area contributed by atoms with Crippen molar-refractivity contribution in [2.75, 3.05) is 6.54 Å². The lowest BCUT2D eigenvalue weighted by atomic mass is 10.2. The minimum atomic E-state index is 0.512. The highest BCUT2D eigenvalue weighted by molar-refractivity contribution is 7.14. The minimum Gasteiger partial charge on any atom is -0.469 e. The van der Waals surface area contributed by atoms with Crippen molar-refractivity contribution >= 4 is 11.3 Å². The lowest BCUT2D eigenvalue weighted by Crippen LogP contribution is -2.24. The van der Waals surface area contributed by atoms with Crippen LogP contribution in [0.25, 0.3) is 10.6 Å². The van der Waals surface area contributed by atoms with Crippen LogP contribution in [0.15, 0.2) is 16.7 Å². The fraction of sp³-hybridized carbons (Fsp3) is 0.538. The van der Waals surface area contributed by atoms with Crippen LogP contribution in [0.2, 0.25) is 0 Å². The Labute approximate surface area is 111 Å². The van der Waals surface area contributed by atoms with Gasteiger partial charge in [-0.05, 0) is 6.07 Å². The minimum absolute atomic E-state index is 0.512. The van der Waals surface area contributed by atoms with Crippen LogP contribution in [0.3, 0.4) is 0 Å². The van der Waals surface area contributed by atoms with E-state index in [1.165, 1.54) is 0 Å².